The second-order valence-electron chi connectivity index (χ2n) is 5.63. The highest BCUT2D eigenvalue weighted by molar-refractivity contribution is 9.18. The third kappa shape index (κ3) is 2.29. The number of benzene rings is 1. The van der Waals surface area contributed by atoms with Gasteiger partial charge >= 0.3 is 6.97 Å². The van der Waals surface area contributed by atoms with Gasteiger partial charge in [0, 0.05) is 33.8 Å². The number of nitrogens with zero attached hydrogens (tertiary/aromatic N) is 2. The van der Waals surface area contributed by atoms with Crippen LogP contribution in [0.15, 0.2) is 45.1 Å². The maximum atomic E-state index is 15.1. The largest absolute Gasteiger partial charge is 0.738 e. The van der Waals surface area contributed by atoms with Crippen LogP contribution in [0.3, 0.4) is 0 Å². The molecule has 134 valence electrons. The molecule has 0 aliphatic carbocycles. The van der Waals surface area contributed by atoms with E-state index in [2.05, 4.69) is 47.8 Å². The van der Waals surface area contributed by atoms with Crippen molar-refractivity contribution in [2.75, 3.05) is 0 Å². The van der Waals surface area contributed by atoms with E-state index >= 15 is 8.63 Å². The summed E-state index contributed by atoms with van der Waals surface area (Å²) in [6.45, 7) is -4.33. The lowest BCUT2D eigenvalue weighted by molar-refractivity contribution is -0.358. The second kappa shape index (κ2) is 5.90. The zero-order chi connectivity index (χ0) is 19.0. The van der Waals surface area contributed by atoms with E-state index in [1.807, 2.05) is 0 Å². The van der Waals surface area contributed by atoms with Gasteiger partial charge in [-0.2, -0.15) is 0 Å². The molecule has 26 heavy (non-hydrogen) atoms. The van der Waals surface area contributed by atoms with Gasteiger partial charge in [-0.15, -0.1) is 0 Å². The zero-order valence-corrected chi connectivity index (χ0v) is 17.1. The van der Waals surface area contributed by atoms with Gasteiger partial charge in [-0.05, 0) is 50.1 Å². The first kappa shape index (κ1) is 18.2. The van der Waals surface area contributed by atoms with E-state index in [0.717, 1.165) is 6.07 Å². The summed E-state index contributed by atoms with van der Waals surface area (Å²) >= 11 is 8.82. The quantitative estimate of drug-likeness (QED) is 0.181. The number of hydrogen-bond acceptors (Lipinski definition) is 0. The third-order valence-electron chi connectivity index (χ3n) is 4.23. The molecule has 0 saturated heterocycles. The van der Waals surface area contributed by atoms with Crippen LogP contribution in [0, 0.1) is 17.5 Å². The monoisotopic (exact) mass is 556 g/mol. The number of hydrogen-bond donors (Lipinski definition) is 0. The molecule has 0 radical (unpaired) electrons. The van der Waals surface area contributed by atoms with Gasteiger partial charge < -0.3 is 17.6 Å². The van der Waals surface area contributed by atoms with Gasteiger partial charge in [-0.3, -0.25) is 0 Å². The Morgan fingerprint density at radius 2 is 1.65 bits per heavy atom. The molecule has 0 amide bonds. The minimum absolute atomic E-state index is 0.0275. The standard InChI is InChI=1S/C15H5BBr3F5N2/c17-6-5-7(20)12(15(22)14(6)21)13-8-1-3-10(18)25(8)16(23,24)26-9(13)2-4-11(26)19/h1-5H. The van der Waals surface area contributed by atoms with E-state index in [-0.39, 0.29) is 26.2 Å². The van der Waals surface area contributed by atoms with Gasteiger partial charge in [0.15, 0.2) is 17.3 Å². The third-order valence-corrected chi connectivity index (χ3v) is 6.10. The summed E-state index contributed by atoms with van der Waals surface area (Å²) in [4.78, 5) is 0. The molecule has 0 saturated carbocycles. The van der Waals surface area contributed by atoms with E-state index in [1.165, 1.54) is 24.3 Å². The van der Waals surface area contributed by atoms with Crippen LogP contribution in [-0.4, -0.2) is 20.6 Å². The first-order chi connectivity index (χ1) is 12.2. The van der Waals surface area contributed by atoms with E-state index in [1.54, 1.807) is 0 Å². The molecule has 0 N–H and O–H groups in total. The molecule has 0 fully saturated rings. The first-order valence-corrected chi connectivity index (χ1v) is 9.51. The van der Waals surface area contributed by atoms with E-state index in [4.69, 9.17) is 0 Å². The average molecular weight is 559 g/mol. The van der Waals surface area contributed by atoms with Gasteiger partial charge in [0.2, 0.25) is 4.62 Å². The summed E-state index contributed by atoms with van der Waals surface area (Å²) in [6.07, 6.45) is 2.65. The van der Waals surface area contributed by atoms with Crippen molar-refractivity contribution >= 4 is 65.0 Å². The smallest absolute Gasteiger partial charge is 0.389 e. The molecular formula is C15H5BBr3F5N2. The van der Waals surface area contributed by atoms with Gasteiger partial charge in [0.25, 0.3) is 0 Å². The Bertz CT molecular complexity index is 1090. The Labute approximate surface area is 169 Å². The molecule has 2 aliphatic heterocycles. The summed E-state index contributed by atoms with van der Waals surface area (Å²) in [6, 6.07) is 3.41. The molecule has 1 aromatic heterocycles. The first-order valence-electron chi connectivity index (χ1n) is 7.13. The van der Waals surface area contributed by atoms with Gasteiger partial charge in [0.05, 0.1) is 20.2 Å². The Morgan fingerprint density at radius 1 is 0.962 bits per heavy atom. The number of fused-ring (bicyclic) bond motifs is 2. The van der Waals surface area contributed by atoms with Crippen LogP contribution in [0.2, 0.25) is 0 Å². The summed E-state index contributed by atoms with van der Waals surface area (Å²) in [5.41, 5.74) is -1.13. The van der Waals surface area contributed by atoms with Crippen molar-refractivity contribution in [2.24, 2.45) is 0 Å². The van der Waals surface area contributed by atoms with Gasteiger partial charge in [0.1, 0.15) is 5.82 Å². The van der Waals surface area contributed by atoms with Crippen molar-refractivity contribution in [3.63, 3.8) is 0 Å². The Hall–Kier alpha value is -1.20. The lowest BCUT2D eigenvalue weighted by Gasteiger charge is -2.32. The molecule has 3 heterocycles. The van der Waals surface area contributed by atoms with Crippen LogP contribution in [-0.2, 0) is 0 Å². The molecule has 4 rings (SSSR count). The van der Waals surface area contributed by atoms with Crippen molar-refractivity contribution in [1.29, 1.82) is 0 Å². The highest BCUT2D eigenvalue weighted by Crippen LogP contribution is 2.44. The molecular weight excluding hydrogens is 554 g/mol. The van der Waals surface area contributed by atoms with Crippen molar-refractivity contribution in [3.8, 4) is 0 Å². The summed E-state index contributed by atoms with van der Waals surface area (Å²) < 4.78 is 74.3. The topological polar surface area (TPSA) is 7.94 Å². The molecule has 2 aromatic rings. The number of halogens is 8. The average Bonchev–Trinajstić information content (AvgIpc) is 3.13. The molecule has 0 bridgehead atoms. The normalized spacial score (nSPS) is 17.8. The van der Waals surface area contributed by atoms with Gasteiger partial charge in [-0.25, -0.2) is 13.2 Å². The van der Waals surface area contributed by atoms with Gasteiger partial charge in [-0.1, -0.05) is 0 Å². The maximum Gasteiger partial charge on any atom is 0.738 e. The van der Waals surface area contributed by atoms with Crippen LogP contribution in [0.25, 0.3) is 5.57 Å². The summed E-state index contributed by atoms with van der Waals surface area (Å²) in [5, 5.41) is 0. The maximum absolute atomic E-state index is 15.1. The molecule has 0 atom stereocenters. The Morgan fingerprint density at radius 3 is 2.35 bits per heavy atom. The van der Waals surface area contributed by atoms with Crippen LogP contribution >= 0.6 is 47.8 Å². The molecule has 0 spiro atoms. The number of rotatable bonds is 1. The number of aromatic nitrogens is 1. The fourth-order valence-corrected chi connectivity index (χ4v) is 4.70. The van der Waals surface area contributed by atoms with E-state index in [0.29, 0.717) is 8.96 Å². The minimum atomic E-state index is -4.33. The lowest BCUT2D eigenvalue weighted by atomic mass is 9.86. The fourth-order valence-electron chi connectivity index (χ4n) is 3.18. The summed E-state index contributed by atoms with van der Waals surface area (Å²) in [5.74, 6) is -3.83. The molecule has 1 aromatic carbocycles. The van der Waals surface area contributed by atoms with Crippen LogP contribution < -0.4 is 0 Å². The zero-order valence-electron chi connectivity index (χ0n) is 12.4. The Kier molecular flexibility index (Phi) is 4.13. The molecule has 0 unspecified atom stereocenters. The van der Waals surface area contributed by atoms with Crippen molar-refractivity contribution < 1.29 is 26.3 Å². The van der Waals surface area contributed by atoms with Crippen LogP contribution in [0.4, 0.5) is 21.8 Å². The van der Waals surface area contributed by atoms with Crippen molar-refractivity contribution in [2.45, 2.75) is 0 Å². The fraction of sp³-hybridized carbons (Fsp3) is 0. The predicted molar refractivity (Wildman–Crippen MR) is 98.9 cm³/mol. The Balaban J connectivity index is 2.17. The van der Waals surface area contributed by atoms with Crippen LogP contribution in [0.5, 0.6) is 0 Å². The molecule has 2 nitrogen and oxygen atoms in total. The summed E-state index contributed by atoms with van der Waals surface area (Å²) in [7, 11) is 0. The molecule has 2 aliphatic rings. The SMILES string of the molecule is Fc1cc(Br)c(F)c(F)c1C1=C2C=CC(Br)=[N+]2[B-](F)(F)n2c(Br)ccc21. The van der Waals surface area contributed by atoms with Crippen molar-refractivity contribution in [1.82, 2.24) is 4.48 Å². The van der Waals surface area contributed by atoms with Crippen molar-refractivity contribution in [3.05, 3.63) is 73.8 Å². The second-order valence-corrected chi connectivity index (χ2v) is 8.11. The van der Waals surface area contributed by atoms with E-state index in [9.17, 15) is 13.2 Å². The number of allylic oxidation sites excluding steroid dienone is 2. The minimum Gasteiger partial charge on any atom is -0.389 e. The predicted octanol–water partition coefficient (Wildman–Crippen LogP) is 5.80. The molecule has 11 heteroatoms. The lowest BCUT2D eigenvalue weighted by Crippen LogP contribution is -2.50. The van der Waals surface area contributed by atoms with Crippen LogP contribution in [0.1, 0.15) is 11.3 Å². The highest BCUT2D eigenvalue weighted by Gasteiger charge is 2.54. The highest BCUT2D eigenvalue weighted by atomic mass is 79.9. The van der Waals surface area contributed by atoms with E-state index < -0.39 is 34.5 Å².